The molecular formula is C13H6F9NO3. The third-order valence-electron chi connectivity index (χ3n) is 2.84. The Morgan fingerprint density at radius 3 is 1.54 bits per heavy atom. The van der Waals surface area contributed by atoms with E-state index in [0.717, 1.165) is 5.32 Å². The molecule has 0 spiro atoms. The van der Waals surface area contributed by atoms with Crippen molar-refractivity contribution in [2.45, 2.75) is 24.6 Å². The van der Waals surface area contributed by atoms with Crippen LogP contribution < -0.4 is 5.32 Å². The first-order chi connectivity index (χ1) is 11.5. The molecule has 4 nitrogen and oxygen atoms in total. The zero-order chi connectivity index (χ0) is 20.5. The fraction of sp³-hybridized carbons (Fsp3) is 0.308. The lowest BCUT2D eigenvalue weighted by atomic mass is 9.99. The van der Waals surface area contributed by atoms with Crippen LogP contribution in [0.2, 0.25) is 0 Å². The maximum Gasteiger partial charge on any atom is 0.471 e. The Morgan fingerprint density at radius 2 is 1.19 bits per heavy atom. The van der Waals surface area contributed by atoms with Crippen molar-refractivity contribution in [3.63, 3.8) is 0 Å². The first-order valence-corrected chi connectivity index (χ1v) is 6.25. The van der Waals surface area contributed by atoms with E-state index < -0.39 is 53.2 Å². The Bertz CT molecular complexity index is 702. The van der Waals surface area contributed by atoms with Crippen LogP contribution in [0.4, 0.5) is 39.5 Å². The normalized spacial score (nSPS) is 13.9. The van der Waals surface area contributed by atoms with Gasteiger partial charge < -0.3 is 5.32 Å². The van der Waals surface area contributed by atoms with Crippen LogP contribution in [0, 0.1) is 0 Å². The van der Waals surface area contributed by atoms with Crippen molar-refractivity contribution < 1.29 is 53.9 Å². The summed E-state index contributed by atoms with van der Waals surface area (Å²) < 4.78 is 111. The number of halogens is 9. The highest BCUT2D eigenvalue weighted by Gasteiger charge is 2.48. The van der Waals surface area contributed by atoms with Gasteiger partial charge >= 0.3 is 24.4 Å². The molecule has 1 N–H and O–H groups in total. The summed E-state index contributed by atoms with van der Waals surface area (Å²) in [5, 5.41) is 0.818. The second-order valence-electron chi connectivity index (χ2n) is 4.72. The van der Waals surface area contributed by atoms with Crippen molar-refractivity contribution in [1.29, 1.82) is 0 Å². The Hall–Kier alpha value is -2.60. The summed E-state index contributed by atoms with van der Waals surface area (Å²) in [6.07, 6.45) is -16.6. The lowest BCUT2D eigenvalue weighted by Gasteiger charge is -2.20. The molecule has 26 heavy (non-hydrogen) atoms. The maximum atomic E-state index is 12.5. The van der Waals surface area contributed by atoms with Crippen LogP contribution >= 0.6 is 0 Å². The number of nitrogens with one attached hydrogen (secondary N) is 1. The van der Waals surface area contributed by atoms with E-state index in [1.807, 2.05) is 0 Å². The molecule has 1 aromatic carbocycles. The van der Waals surface area contributed by atoms with Crippen molar-refractivity contribution >= 4 is 17.5 Å². The average Bonchev–Trinajstić information content (AvgIpc) is 2.48. The molecule has 13 heteroatoms. The maximum absolute atomic E-state index is 12.5. The quantitative estimate of drug-likeness (QED) is 0.629. The van der Waals surface area contributed by atoms with Gasteiger partial charge in [-0.3, -0.25) is 14.4 Å². The van der Waals surface area contributed by atoms with Gasteiger partial charge in [-0.2, -0.15) is 39.5 Å². The number of ketones is 2. The van der Waals surface area contributed by atoms with Gasteiger partial charge in [-0.25, -0.2) is 0 Å². The molecular weight excluding hydrogens is 389 g/mol. The SMILES string of the molecule is O=C(NC(C(=O)C(F)(F)F)c1ccc(C(=O)C(F)(F)F)cc1)C(F)(F)F. The van der Waals surface area contributed by atoms with Crippen molar-refractivity contribution in [2.75, 3.05) is 0 Å². The fourth-order valence-corrected chi connectivity index (χ4v) is 1.67. The topological polar surface area (TPSA) is 63.2 Å². The molecule has 0 radical (unpaired) electrons. The highest BCUT2D eigenvalue weighted by atomic mass is 19.4. The minimum Gasteiger partial charge on any atom is -0.334 e. The fourth-order valence-electron chi connectivity index (χ4n) is 1.67. The standard InChI is InChI=1S/C13H6F9NO3/c14-11(15,16)8(24)6-3-1-5(2-4-6)7(9(25)12(17,18)19)23-10(26)13(20,21)22/h1-4,7H,(H,23,26). The summed E-state index contributed by atoms with van der Waals surface area (Å²) in [6.45, 7) is 0. The van der Waals surface area contributed by atoms with E-state index >= 15 is 0 Å². The van der Waals surface area contributed by atoms with E-state index in [9.17, 15) is 53.9 Å². The van der Waals surface area contributed by atoms with Gasteiger partial charge in [-0.05, 0) is 5.56 Å². The summed E-state index contributed by atoms with van der Waals surface area (Å²) in [7, 11) is 0. The van der Waals surface area contributed by atoms with Gasteiger partial charge in [0.25, 0.3) is 11.6 Å². The minimum atomic E-state index is -5.65. The van der Waals surface area contributed by atoms with Gasteiger partial charge in [0.05, 0.1) is 0 Å². The van der Waals surface area contributed by atoms with E-state index in [1.165, 1.54) is 0 Å². The number of carbonyl (C=O) groups is 3. The predicted octanol–water partition coefficient (Wildman–Crippen LogP) is 3.28. The number of amides is 1. The highest BCUT2D eigenvalue weighted by Crippen LogP contribution is 2.29. The van der Waals surface area contributed by atoms with Crippen molar-refractivity contribution in [3.8, 4) is 0 Å². The summed E-state index contributed by atoms with van der Waals surface area (Å²) in [6, 6.07) is -1.35. The summed E-state index contributed by atoms with van der Waals surface area (Å²) in [5.41, 5.74) is -1.93. The van der Waals surface area contributed by atoms with Crippen molar-refractivity contribution in [1.82, 2.24) is 5.32 Å². The highest BCUT2D eigenvalue weighted by molar-refractivity contribution is 6.00. The van der Waals surface area contributed by atoms with Crippen molar-refractivity contribution in [3.05, 3.63) is 35.4 Å². The Morgan fingerprint density at radius 1 is 0.731 bits per heavy atom. The van der Waals surface area contributed by atoms with Crippen LogP contribution in [-0.2, 0) is 9.59 Å². The molecule has 0 aliphatic carbocycles. The zero-order valence-corrected chi connectivity index (χ0v) is 12.0. The molecule has 0 fully saturated rings. The lowest BCUT2D eigenvalue weighted by Crippen LogP contribution is -2.45. The molecule has 0 aromatic heterocycles. The number of hydrogen-bond acceptors (Lipinski definition) is 3. The van der Waals surface area contributed by atoms with Crippen molar-refractivity contribution in [2.24, 2.45) is 0 Å². The molecule has 1 atom stereocenters. The second kappa shape index (κ2) is 6.96. The smallest absolute Gasteiger partial charge is 0.334 e. The Kier molecular flexibility index (Phi) is 5.74. The van der Waals surface area contributed by atoms with Crippen LogP contribution in [0.1, 0.15) is 22.0 Å². The molecule has 1 unspecified atom stereocenters. The average molecular weight is 395 g/mol. The Labute approximate surface area is 138 Å². The summed E-state index contributed by atoms with van der Waals surface area (Å²) >= 11 is 0. The largest absolute Gasteiger partial charge is 0.471 e. The molecule has 0 aliphatic heterocycles. The number of rotatable bonds is 4. The molecule has 1 aromatic rings. The zero-order valence-electron chi connectivity index (χ0n) is 12.0. The summed E-state index contributed by atoms with van der Waals surface area (Å²) in [5.74, 6) is -8.01. The van der Waals surface area contributed by atoms with Gasteiger partial charge in [0.1, 0.15) is 6.04 Å². The molecule has 0 saturated heterocycles. The van der Waals surface area contributed by atoms with E-state index in [4.69, 9.17) is 0 Å². The van der Waals surface area contributed by atoms with Gasteiger partial charge in [-0.15, -0.1) is 0 Å². The van der Waals surface area contributed by atoms with E-state index in [-0.39, 0.29) is 0 Å². The van der Waals surface area contributed by atoms with Gasteiger partial charge in [0.2, 0.25) is 0 Å². The molecule has 0 aliphatic rings. The van der Waals surface area contributed by atoms with Gasteiger partial charge in [-0.1, -0.05) is 24.3 Å². The molecule has 0 heterocycles. The molecule has 1 amide bonds. The van der Waals surface area contributed by atoms with E-state index in [0.29, 0.717) is 24.3 Å². The van der Waals surface area contributed by atoms with Gasteiger partial charge in [0.15, 0.2) is 0 Å². The number of hydrogen-bond donors (Lipinski definition) is 1. The lowest BCUT2D eigenvalue weighted by molar-refractivity contribution is -0.181. The van der Waals surface area contributed by atoms with Crippen LogP contribution in [0.15, 0.2) is 24.3 Å². The predicted molar refractivity (Wildman–Crippen MR) is 64.8 cm³/mol. The van der Waals surface area contributed by atoms with E-state index in [2.05, 4.69) is 0 Å². The minimum absolute atomic E-state index is 0.363. The second-order valence-corrected chi connectivity index (χ2v) is 4.72. The monoisotopic (exact) mass is 395 g/mol. The molecule has 144 valence electrons. The van der Waals surface area contributed by atoms with Gasteiger partial charge in [0, 0.05) is 5.56 Å². The number of benzene rings is 1. The van der Waals surface area contributed by atoms with E-state index in [1.54, 1.807) is 0 Å². The number of Topliss-reactive ketones (excluding diaryl/α,β-unsaturated/α-hetero) is 2. The van der Waals surface area contributed by atoms with Crippen LogP contribution in [-0.4, -0.2) is 36.0 Å². The first-order valence-electron chi connectivity index (χ1n) is 6.25. The first kappa shape index (κ1) is 21.4. The van der Waals surface area contributed by atoms with Crippen LogP contribution in [0.3, 0.4) is 0 Å². The summed E-state index contributed by atoms with van der Waals surface area (Å²) in [4.78, 5) is 33.0. The Balaban J connectivity index is 3.25. The molecule has 0 bridgehead atoms. The number of alkyl halides is 9. The third kappa shape index (κ3) is 5.20. The third-order valence-corrected chi connectivity index (χ3v) is 2.84. The number of carbonyl (C=O) groups excluding carboxylic acids is 3. The molecule has 1 rings (SSSR count). The van der Waals surface area contributed by atoms with Crippen LogP contribution in [0.25, 0.3) is 0 Å². The van der Waals surface area contributed by atoms with Crippen LogP contribution in [0.5, 0.6) is 0 Å². The molecule has 0 saturated carbocycles.